The molecule has 0 N–H and O–H groups in total. The summed E-state index contributed by atoms with van der Waals surface area (Å²) in [7, 11) is -5.52. The Morgan fingerprint density at radius 1 is 1.24 bits per heavy atom. The van der Waals surface area contributed by atoms with Crippen molar-refractivity contribution in [2.24, 2.45) is 0 Å². The molecule has 1 aromatic rings. The van der Waals surface area contributed by atoms with Gasteiger partial charge >= 0.3 is 0 Å². The molecule has 0 atom stereocenters. The van der Waals surface area contributed by atoms with Gasteiger partial charge in [0.1, 0.15) is 10.6 Å². The van der Waals surface area contributed by atoms with Gasteiger partial charge in [-0.2, -0.15) is 4.31 Å². The maximum absolute atomic E-state index is 12.6. The quantitative estimate of drug-likeness (QED) is 0.796. The fourth-order valence-electron chi connectivity index (χ4n) is 2.18. The van der Waals surface area contributed by atoms with Crippen LogP contribution in [0.2, 0.25) is 0 Å². The highest BCUT2D eigenvalue weighted by Gasteiger charge is 2.43. The molecule has 1 saturated heterocycles. The molecule has 2 rings (SSSR count). The maximum Gasteiger partial charge on any atom is 0.246 e. The number of hydrogen-bond acceptors (Lipinski definition) is 5. The van der Waals surface area contributed by atoms with Gasteiger partial charge in [-0.15, -0.1) is 0 Å². The molecular formula is C13H19NO5S2. The smallest absolute Gasteiger partial charge is 0.246 e. The van der Waals surface area contributed by atoms with E-state index >= 15 is 0 Å². The zero-order valence-corrected chi connectivity index (χ0v) is 13.9. The number of ether oxygens (including phenoxy) is 1. The second-order valence-corrected chi connectivity index (χ2v) is 9.53. The van der Waals surface area contributed by atoms with Crippen LogP contribution in [-0.2, 0) is 19.9 Å². The number of sulfonamides is 1. The van der Waals surface area contributed by atoms with Gasteiger partial charge in [0.25, 0.3) is 0 Å². The Kier molecular flexibility index (Phi) is 4.32. The van der Waals surface area contributed by atoms with Gasteiger partial charge in [-0.3, -0.25) is 0 Å². The Morgan fingerprint density at radius 2 is 1.86 bits per heavy atom. The average molecular weight is 333 g/mol. The lowest BCUT2D eigenvalue weighted by Gasteiger charge is -2.37. The molecule has 1 aliphatic heterocycles. The minimum Gasteiger partial charge on any atom is -0.495 e. The highest BCUT2D eigenvalue weighted by molar-refractivity contribution is 7.92. The Bertz CT molecular complexity index is 734. The molecule has 21 heavy (non-hydrogen) atoms. The van der Waals surface area contributed by atoms with Gasteiger partial charge in [0, 0.05) is 18.8 Å². The second kappa shape index (κ2) is 5.58. The van der Waals surface area contributed by atoms with E-state index in [1.54, 1.807) is 26.0 Å². The van der Waals surface area contributed by atoms with Gasteiger partial charge in [0.05, 0.1) is 12.4 Å². The predicted octanol–water partition coefficient (Wildman–Crippen LogP) is 0.811. The summed E-state index contributed by atoms with van der Waals surface area (Å²) in [6.45, 7) is 3.38. The van der Waals surface area contributed by atoms with Gasteiger partial charge in [0.15, 0.2) is 9.84 Å². The zero-order valence-electron chi connectivity index (χ0n) is 12.2. The molecule has 0 bridgehead atoms. The fraction of sp³-hybridized carbons (Fsp3) is 0.538. The number of benzene rings is 1. The Morgan fingerprint density at radius 3 is 2.38 bits per heavy atom. The van der Waals surface area contributed by atoms with Crippen LogP contribution in [0.3, 0.4) is 0 Å². The molecule has 0 saturated carbocycles. The zero-order chi connectivity index (χ0) is 15.8. The molecule has 1 fully saturated rings. The number of nitrogens with zero attached hydrogens (tertiary/aromatic N) is 1. The molecular weight excluding hydrogens is 314 g/mol. The number of rotatable bonds is 5. The van der Waals surface area contributed by atoms with E-state index in [1.807, 2.05) is 0 Å². The molecule has 0 spiro atoms. The van der Waals surface area contributed by atoms with Crippen molar-refractivity contribution in [1.82, 2.24) is 4.31 Å². The summed E-state index contributed by atoms with van der Waals surface area (Å²) in [4.78, 5) is 0.0809. The van der Waals surface area contributed by atoms with E-state index in [-0.39, 0.29) is 29.5 Å². The van der Waals surface area contributed by atoms with Crippen LogP contribution in [0, 0.1) is 6.92 Å². The fourth-order valence-corrected chi connectivity index (χ4v) is 5.43. The first-order valence-corrected chi connectivity index (χ1v) is 9.74. The lowest BCUT2D eigenvalue weighted by molar-refractivity contribution is 0.307. The van der Waals surface area contributed by atoms with Crippen LogP contribution < -0.4 is 4.74 Å². The van der Waals surface area contributed by atoms with Gasteiger partial charge in [-0.25, -0.2) is 16.8 Å². The molecule has 0 aliphatic carbocycles. The summed E-state index contributed by atoms with van der Waals surface area (Å²) >= 11 is 0. The van der Waals surface area contributed by atoms with E-state index in [1.165, 1.54) is 17.5 Å². The highest BCUT2D eigenvalue weighted by Crippen LogP contribution is 2.31. The highest BCUT2D eigenvalue weighted by atomic mass is 32.2. The third-order valence-electron chi connectivity index (χ3n) is 3.66. The third-order valence-corrected chi connectivity index (χ3v) is 7.63. The van der Waals surface area contributed by atoms with Crippen LogP contribution in [0.25, 0.3) is 0 Å². The van der Waals surface area contributed by atoms with Crippen molar-refractivity contribution < 1.29 is 21.6 Å². The molecule has 1 aliphatic rings. The Hall–Kier alpha value is -1.12. The molecule has 6 nitrogen and oxygen atoms in total. The molecule has 0 aromatic heterocycles. The van der Waals surface area contributed by atoms with E-state index in [0.29, 0.717) is 0 Å². The van der Waals surface area contributed by atoms with Crippen LogP contribution in [0.1, 0.15) is 12.5 Å². The SMILES string of the molecule is CCS(=O)(=O)C1CN(S(=O)(=O)c2cc(C)ccc2OC)C1. The van der Waals surface area contributed by atoms with Crippen LogP contribution in [-0.4, -0.2) is 52.3 Å². The number of sulfone groups is 1. The summed E-state index contributed by atoms with van der Waals surface area (Å²) in [5.74, 6) is 0.293. The first-order valence-electron chi connectivity index (χ1n) is 6.58. The van der Waals surface area contributed by atoms with Crippen molar-refractivity contribution in [3.8, 4) is 5.75 Å². The largest absolute Gasteiger partial charge is 0.495 e. The normalized spacial score (nSPS) is 17.5. The van der Waals surface area contributed by atoms with Crippen LogP contribution >= 0.6 is 0 Å². The standard InChI is InChI=1S/C13H19NO5S2/c1-4-20(15,16)11-8-14(9-11)21(17,18)13-7-10(2)5-6-12(13)19-3/h5-7,11H,4,8-9H2,1-3H3. The third kappa shape index (κ3) is 2.93. The van der Waals surface area contributed by atoms with E-state index in [2.05, 4.69) is 0 Å². The summed E-state index contributed by atoms with van der Waals surface area (Å²) in [6.07, 6.45) is 0. The van der Waals surface area contributed by atoms with Gasteiger partial charge < -0.3 is 4.74 Å². The topological polar surface area (TPSA) is 80.8 Å². The van der Waals surface area contributed by atoms with Crippen LogP contribution in [0.4, 0.5) is 0 Å². The van der Waals surface area contributed by atoms with Crippen molar-refractivity contribution >= 4 is 19.9 Å². The van der Waals surface area contributed by atoms with Crippen molar-refractivity contribution in [2.45, 2.75) is 24.0 Å². The molecule has 0 unspecified atom stereocenters. The first kappa shape index (κ1) is 16.3. The maximum atomic E-state index is 12.6. The van der Waals surface area contributed by atoms with E-state index < -0.39 is 25.1 Å². The summed E-state index contributed by atoms with van der Waals surface area (Å²) < 4.78 is 54.8. The lowest BCUT2D eigenvalue weighted by Crippen LogP contribution is -2.57. The van der Waals surface area contributed by atoms with Crippen molar-refractivity contribution in [3.05, 3.63) is 23.8 Å². The minimum absolute atomic E-state index is 0.00953. The number of hydrogen-bond donors (Lipinski definition) is 0. The van der Waals surface area contributed by atoms with Crippen LogP contribution in [0.15, 0.2) is 23.1 Å². The summed E-state index contributed by atoms with van der Waals surface area (Å²) in [5, 5.41) is -0.604. The molecule has 0 radical (unpaired) electrons. The lowest BCUT2D eigenvalue weighted by atomic mass is 10.2. The second-order valence-electron chi connectivity index (χ2n) is 5.05. The molecule has 118 valence electrons. The van der Waals surface area contributed by atoms with Crippen molar-refractivity contribution in [1.29, 1.82) is 0 Å². The summed E-state index contributed by atoms with van der Waals surface area (Å²) in [6, 6.07) is 4.90. The Balaban J connectivity index is 2.28. The average Bonchev–Trinajstić information content (AvgIpc) is 2.36. The van der Waals surface area contributed by atoms with E-state index in [4.69, 9.17) is 4.74 Å². The van der Waals surface area contributed by atoms with Gasteiger partial charge in [0.2, 0.25) is 10.0 Å². The summed E-state index contributed by atoms with van der Waals surface area (Å²) in [5.41, 5.74) is 0.799. The minimum atomic E-state index is -3.73. The van der Waals surface area contributed by atoms with Crippen molar-refractivity contribution in [3.63, 3.8) is 0 Å². The predicted molar refractivity (Wildman–Crippen MR) is 79.7 cm³/mol. The molecule has 1 aromatic carbocycles. The number of methoxy groups -OCH3 is 1. The van der Waals surface area contributed by atoms with Gasteiger partial charge in [-0.1, -0.05) is 13.0 Å². The van der Waals surface area contributed by atoms with E-state index in [9.17, 15) is 16.8 Å². The molecule has 1 heterocycles. The molecule has 8 heteroatoms. The number of aryl methyl sites for hydroxylation is 1. The van der Waals surface area contributed by atoms with Crippen LogP contribution in [0.5, 0.6) is 5.75 Å². The monoisotopic (exact) mass is 333 g/mol. The van der Waals surface area contributed by atoms with Crippen molar-refractivity contribution in [2.75, 3.05) is 26.0 Å². The van der Waals surface area contributed by atoms with E-state index in [0.717, 1.165) is 5.56 Å². The van der Waals surface area contributed by atoms with Gasteiger partial charge in [-0.05, 0) is 24.6 Å². The Labute approximate surface area is 125 Å². The molecule has 0 amide bonds. The first-order chi connectivity index (χ1) is 9.72.